The molecule has 4 nitrogen and oxygen atoms in total. The van der Waals surface area contributed by atoms with Gasteiger partial charge in [-0.2, -0.15) is 0 Å². The van der Waals surface area contributed by atoms with E-state index in [2.05, 4.69) is 23.3 Å². The van der Waals surface area contributed by atoms with Crippen molar-refractivity contribution in [1.82, 2.24) is 10.3 Å². The van der Waals surface area contributed by atoms with E-state index in [9.17, 15) is 4.79 Å². The van der Waals surface area contributed by atoms with Crippen LogP contribution in [0.4, 0.5) is 0 Å². The standard InChI is InChI=1S/C15H19N3O/c1-9-7-18-14-12(15(16)19)5-4-11(13(9)14)10-3-2-6-17-8-10/h4-5,7,10,17-18H,2-3,6,8H2,1H3,(H2,16,19)/t10-/m0/s1. The van der Waals surface area contributed by atoms with Gasteiger partial charge in [-0.05, 0) is 49.4 Å². The van der Waals surface area contributed by atoms with Crippen LogP contribution in [0, 0.1) is 6.92 Å². The summed E-state index contributed by atoms with van der Waals surface area (Å²) in [6.07, 6.45) is 4.35. The second kappa shape index (κ2) is 4.70. The topological polar surface area (TPSA) is 70.9 Å². The maximum atomic E-state index is 11.5. The predicted octanol–water partition coefficient (Wildman–Crippen LogP) is 2.04. The average molecular weight is 257 g/mol. The zero-order chi connectivity index (χ0) is 13.4. The Bertz CT molecular complexity index is 624. The second-order valence-corrected chi connectivity index (χ2v) is 5.33. The van der Waals surface area contributed by atoms with E-state index in [4.69, 9.17) is 5.73 Å². The quantitative estimate of drug-likeness (QED) is 0.770. The first kappa shape index (κ1) is 12.2. The summed E-state index contributed by atoms with van der Waals surface area (Å²) >= 11 is 0. The number of aromatic amines is 1. The number of aromatic nitrogens is 1. The molecule has 0 spiro atoms. The van der Waals surface area contributed by atoms with Crippen molar-refractivity contribution in [2.75, 3.05) is 13.1 Å². The molecule has 1 aliphatic heterocycles. The molecule has 3 rings (SSSR count). The maximum absolute atomic E-state index is 11.5. The number of piperidine rings is 1. The highest BCUT2D eigenvalue weighted by Gasteiger charge is 2.21. The Balaban J connectivity index is 2.17. The molecule has 1 aromatic carbocycles. The van der Waals surface area contributed by atoms with Crippen LogP contribution in [-0.4, -0.2) is 24.0 Å². The van der Waals surface area contributed by atoms with Gasteiger partial charge in [0.05, 0.1) is 11.1 Å². The Kier molecular flexibility index (Phi) is 3.03. The fourth-order valence-electron chi connectivity index (χ4n) is 3.11. The number of aryl methyl sites for hydroxylation is 1. The highest BCUT2D eigenvalue weighted by molar-refractivity contribution is 6.06. The van der Waals surface area contributed by atoms with Gasteiger partial charge < -0.3 is 16.0 Å². The molecule has 0 bridgehead atoms. The van der Waals surface area contributed by atoms with Crippen LogP contribution in [0.25, 0.3) is 10.9 Å². The van der Waals surface area contributed by atoms with E-state index in [1.807, 2.05) is 12.3 Å². The number of hydrogen-bond donors (Lipinski definition) is 3. The number of benzene rings is 1. The first-order chi connectivity index (χ1) is 9.18. The summed E-state index contributed by atoms with van der Waals surface area (Å²) in [5.41, 5.74) is 9.41. The van der Waals surface area contributed by atoms with E-state index in [1.54, 1.807) is 0 Å². The molecule has 19 heavy (non-hydrogen) atoms. The number of amides is 1. The van der Waals surface area contributed by atoms with Gasteiger partial charge in [0.15, 0.2) is 0 Å². The number of nitrogens with one attached hydrogen (secondary N) is 2. The molecule has 0 unspecified atom stereocenters. The summed E-state index contributed by atoms with van der Waals surface area (Å²) in [5, 5.41) is 4.62. The van der Waals surface area contributed by atoms with Crippen LogP contribution in [0.15, 0.2) is 18.3 Å². The maximum Gasteiger partial charge on any atom is 0.250 e. The minimum Gasteiger partial charge on any atom is -0.366 e. The highest BCUT2D eigenvalue weighted by Crippen LogP contribution is 2.33. The Morgan fingerprint density at radius 3 is 2.95 bits per heavy atom. The van der Waals surface area contributed by atoms with Crippen LogP contribution < -0.4 is 11.1 Å². The van der Waals surface area contributed by atoms with Gasteiger partial charge >= 0.3 is 0 Å². The van der Waals surface area contributed by atoms with Crippen LogP contribution in [0.1, 0.15) is 40.2 Å². The van der Waals surface area contributed by atoms with Crippen molar-refractivity contribution in [3.63, 3.8) is 0 Å². The van der Waals surface area contributed by atoms with Gasteiger partial charge in [0, 0.05) is 18.1 Å². The monoisotopic (exact) mass is 257 g/mol. The molecule has 1 aromatic heterocycles. The Morgan fingerprint density at radius 1 is 1.42 bits per heavy atom. The summed E-state index contributed by atoms with van der Waals surface area (Å²) in [5.74, 6) is 0.146. The van der Waals surface area contributed by atoms with Crippen molar-refractivity contribution in [2.24, 2.45) is 5.73 Å². The number of nitrogens with two attached hydrogens (primary N) is 1. The fourth-order valence-corrected chi connectivity index (χ4v) is 3.11. The number of primary amides is 1. The average Bonchev–Trinajstić information content (AvgIpc) is 2.81. The summed E-state index contributed by atoms with van der Waals surface area (Å²) in [7, 11) is 0. The molecule has 1 atom stereocenters. The zero-order valence-corrected chi connectivity index (χ0v) is 11.1. The smallest absolute Gasteiger partial charge is 0.250 e. The van der Waals surface area contributed by atoms with Gasteiger partial charge in [-0.15, -0.1) is 0 Å². The third kappa shape index (κ3) is 2.02. The molecule has 100 valence electrons. The Labute approximate surface area is 112 Å². The van der Waals surface area contributed by atoms with E-state index >= 15 is 0 Å². The number of carbonyl (C=O) groups excluding carboxylic acids is 1. The first-order valence-electron chi connectivity index (χ1n) is 6.79. The van der Waals surface area contributed by atoms with Crippen molar-refractivity contribution in [2.45, 2.75) is 25.7 Å². The Hall–Kier alpha value is -1.81. The number of rotatable bonds is 2. The van der Waals surface area contributed by atoms with Gasteiger partial charge in [0.1, 0.15) is 0 Å². The summed E-state index contributed by atoms with van der Waals surface area (Å²) < 4.78 is 0. The van der Waals surface area contributed by atoms with Crippen LogP contribution >= 0.6 is 0 Å². The first-order valence-corrected chi connectivity index (χ1v) is 6.79. The number of H-pyrrole nitrogens is 1. The third-order valence-corrected chi connectivity index (χ3v) is 4.07. The van der Waals surface area contributed by atoms with Crippen molar-refractivity contribution in [3.05, 3.63) is 35.0 Å². The van der Waals surface area contributed by atoms with Crippen LogP contribution in [0.5, 0.6) is 0 Å². The minimum absolute atomic E-state index is 0.375. The molecule has 4 N–H and O–H groups in total. The molecule has 2 heterocycles. The molecule has 1 saturated heterocycles. The minimum atomic E-state index is -0.375. The molecule has 0 saturated carbocycles. The number of fused-ring (bicyclic) bond motifs is 1. The van der Waals surface area contributed by atoms with E-state index in [0.29, 0.717) is 11.5 Å². The van der Waals surface area contributed by atoms with Gasteiger partial charge in [-0.1, -0.05) is 6.07 Å². The zero-order valence-electron chi connectivity index (χ0n) is 11.1. The third-order valence-electron chi connectivity index (χ3n) is 4.07. The lowest BCUT2D eigenvalue weighted by molar-refractivity contribution is 0.100. The van der Waals surface area contributed by atoms with Crippen molar-refractivity contribution in [3.8, 4) is 0 Å². The van der Waals surface area contributed by atoms with Crippen LogP contribution in [0.3, 0.4) is 0 Å². The van der Waals surface area contributed by atoms with Gasteiger partial charge in [-0.25, -0.2) is 0 Å². The van der Waals surface area contributed by atoms with Crippen LogP contribution in [0.2, 0.25) is 0 Å². The SMILES string of the molecule is Cc1c[nH]c2c(C(N)=O)ccc([C@H]3CCCNC3)c12. The summed E-state index contributed by atoms with van der Waals surface area (Å²) in [6, 6.07) is 3.92. The summed E-state index contributed by atoms with van der Waals surface area (Å²) in [4.78, 5) is 14.7. The van der Waals surface area contributed by atoms with E-state index in [0.717, 1.165) is 18.6 Å². The molecular formula is C15H19N3O. The molecule has 2 aromatic rings. The predicted molar refractivity (Wildman–Crippen MR) is 76.4 cm³/mol. The van der Waals surface area contributed by atoms with E-state index in [-0.39, 0.29) is 5.91 Å². The van der Waals surface area contributed by atoms with Gasteiger partial charge in [0.25, 0.3) is 5.91 Å². The Morgan fingerprint density at radius 2 is 2.26 bits per heavy atom. The van der Waals surface area contributed by atoms with Crippen molar-refractivity contribution >= 4 is 16.8 Å². The number of carbonyl (C=O) groups is 1. The summed E-state index contributed by atoms with van der Waals surface area (Å²) in [6.45, 7) is 4.18. The van der Waals surface area contributed by atoms with Gasteiger partial charge in [-0.3, -0.25) is 4.79 Å². The lowest BCUT2D eigenvalue weighted by atomic mass is 9.87. The second-order valence-electron chi connectivity index (χ2n) is 5.33. The van der Waals surface area contributed by atoms with E-state index in [1.165, 1.54) is 29.4 Å². The van der Waals surface area contributed by atoms with Crippen molar-refractivity contribution in [1.29, 1.82) is 0 Å². The molecule has 4 heteroatoms. The van der Waals surface area contributed by atoms with E-state index < -0.39 is 0 Å². The van der Waals surface area contributed by atoms with Gasteiger partial charge in [0.2, 0.25) is 0 Å². The highest BCUT2D eigenvalue weighted by atomic mass is 16.1. The molecular weight excluding hydrogens is 238 g/mol. The molecule has 0 radical (unpaired) electrons. The fraction of sp³-hybridized carbons (Fsp3) is 0.400. The van der Waals surface area contributed by atoms with Crippen molar-refractivity contribution < 1.29 is 4.79 Å². The molecule has 1 fully saturated rings. The lowest BCUT2D eigenvalue weighted by Gasteiger charge is -2.24. The molecule has 1 amide bonds. The number of hydrogen-bond acceptors (Lipinski definition) is 2. The normalized spacial score (nSPS) is 19.7. The molecule has 0 aliphatic carbocycles. The lowest BCUT2D eigenvalue weighted by Crippen LogP contribution is -2.28. The largest absolute Gasteiger partial charge is 0.366 e. The molecule has 1 aliphatic rings. The van der Waals surface area contributed by atoms with Crippen LogP contribution in [-0.2, 0) is 0 Å².